The molecule has 4 heteroatoms. The molecule has 0 radical (unpaired) electrons. The monoisotopic (exact) mass is 275 g/mol. The second kappa shape index (κ2) is 7.29. The number of nitrogens with zero attached hydrogens (tertiary/aromatic N) is 1. The molecule has 1 fully saturated rings. The van der Waals surface area contributed by atoms with E-state index < -0.39 is 0 Å². The Balaban J connectivity index is 1.84. The summed E-state index contributed by atoms with van der Waals surface area (Å²) in [4.78, 5) is 14.1. The fourth-order valence-electron chi connectivity index (χ4n) is 2.69. The van der Waals surface area contributed by atoms with Crippen molar-refractivity contribution in [2.45, 2.75) is 32.7 Å². The second-order valence-electron chi connectivity index (χ2n) is 5.57. The number of nitrogens with one attached hydrogen (secondary N) is 2. The fourth-order valence-corrected chi connectivity index (χ4v) is 2.69. The molecule has 0 bridgehead atoms. The summed E-state index contributed by atoms with van der Waals surface area (Å²) < 4.78 is 0. The fraction of sp³-hybridized carbons (Fsp3) is 0.562. The molecule has 2 atom stereocenters. The zero-order chi connectivity index (χ0) is 14.4. The van der Waals surface area contributed by atoms with Crippen molar-refractivity contribution >= 4 is 11.7 Å². The lowest BCUT2D eigenvalue weighted by Gasteiger charge is -2.37. The van der Waals surface area contributed by atoms with Crippen molar-refractivity contribution in [2.24, 2.45) is 5.92 Å². The lowest BCUT2D eigenvalue weighted by molar-refractivity contribution is 0.160. The van der Waals surface area contributed by atoms with Crippen LogP contribution in [-0.4, -0.2) is 36.6 Å². The quantitative estimate of drug-likeness (QED) is 0.887. The first-order valence-corrected chi connectivity index (χ1v) is 7.55. The van der Waals surface area contributed by atoms with Gasteiger partial charge in [0.25, 0.3) is 0 Å². The summed E-state index contributed by atoms with van der Waals surface area (Å²) in [5, 5.41) is 6.53. The van der Waals surface area contributed by atoms with Crippen molar-refractivity contribution in [2.75, 3.05) is 25.0 Å². The van der Waals surface area contributed by atoms with Crippen LogP contribution in [0.2, 0.25) is 0 Å². The number of hydrogen-bond donors (Lipinski definition) is 2. The zero-order valence-corrected chi connectivity index (χ0v) is 12.4. The van der Waals surface area contributed by atoms with E-state index in [0.717, 1.165) is 38.2 Å². The minimum absolute atomic E-state index is 0.0111. The van der Waals surface area contributed by atoms with Crippen LogP contribution in [0, 0.1) is 5.92 Å². The van der Waals surface area contributed by atoms with Crippen LogP contribution in [0.25, 0.3) is 0 Å². The normalized spacial score (nSPS) is 22.6. The van der Waals surface area contributed by atoms with Gasteiger partial charge in [0.05, 0.1) is 0 Å². The van der Waals surface area contributed by atoms with Crippen molar-refractivity contribution in [3.05, 3.63) is 30.3 Å². The van der Waals surface area contributed by atoms with Gasteiger partial charge in [-0.15, -0.1) is 0 Å². The first-order valence-electron chi connectivity index (χ1n) is 7.55. The summed E-state index contributed by atoms with van der Waals surface area (Å²) in [6, 6.07) is 10.2. The number of para-hydroxylation sites is 1. The molecule has 2 N–H and O–H groups in total. The highest BCUT2D eigenvalue weighted by Gasteiger charge is 2.28. The SMILES string of the molecule is CCCNC1CCN(C(=O)Nc2ccccc2)CC1C. The van der Waals surface area contributed by atoms with E-state index in [1.165, 1.54) is 0 Å². The van der Waals surface area contributed by atoms with Gasteiger partial charge in [-0.1, -0.05) is 32.0 Å². The Hall–Kier alpha value is -1.55. The Morgan fingerprint density at radius 2 is 2.10 bits per heavy atom. The standard InChI is InChI=1S/C16H25N3O/c1-3-10-17-15-9-11-19(12-13(15)2)16(20)18-14-7-5-4-6-8-14/h4-8,13,15,17H,3,9-12H2,1-2H3,(H,18,20). The van der Waals surface area contributed by atoms with Crippen LogP contribution in [0.1, 0.15) is 26.7 Å². The van der Waals surface area contributed by atoms with Gasteiger partial charge in [0.15, 0.2) is 0 Å². The summed E-state index contributed by atoms with van der Waals surface area (Å²) in [6.45, 7) is 7.10. The summed E-state index contributed by atoms with van der Waals surface area (Å²) in [5.41, 5.74) is 0.858. The third-order valence-electron chi connectivity index (χ3n) is 3.87. The number of piperidine rings is 1. The van der Waals surface area contributed by atoms with Crippen molar-refractivity contribution in [3.63, 3.8) is 0 Å². The Kier molecular flexibility index (Phi) is 5.41. The third-order valence-corrected chi connectivity index (χ3v) is 3.87. The molecule has 0 spiro atoms. The maximum absolute atomic E-state index is 12.2. The second-order valence-corrected chi connectivity index (χ2v) is 5.57. The Labute approximate surface area is 121 Å². The minimum atomic E-state index is 0.0111. The lowest BCUT2D eigenvalue weighted by atomic mass is 9.94. The van der Waals surface area contributed by atoms with Gasteiger partial charge in [-0.2, -0.15) is 0 Å². The molecule has 2 rings (SSSR count). The number of carbonyl (C=O) groups excluding carboxylic acids is 1. The molecule has 2 unspecified atom stereocenters. The first-order chi connectivity index (χ1) is 9.70. The van der Waals surface area contributed by atoms with E-state index in [9.17, 15) is 4.79 Å². The van der Waals surface area contributed by atoms with Crippen LogP contribution in [-0.2, 0) is 0 Å². The summed E-state index contributed by atoms with van der Waals surface area (Å²) >= 11 is 0. The number of benzene rings is 1. The van der Waals surface area contributed by atoms with Gasteiger partial charge in [-0.05, 0) is 37.4 Å². The minimum Gasteiger partial charge on any atom is -0.324 e. The van der Waals surface area contributed by atoms with Gasteiger partial charge in [-0.25, -0.2) is 4.79 Å². The highest BCUT2D eigenvalue weighted by Crippen LogP contribution is 2.18. The highest BCUT2D eigenvalue weighted by atomic mass is 16.2. The largest absolute Gasteiger partial charge is 0.324 e. The molecule has 0 aliphatic carbocycles. The first kappa shape index (κ1) is 14.9. The van der Waals surface area contributed by atoms with E-state index in [-0.39, 0.29) is 6.03 Å². The molecule has 0 saturated carbocycles. The van der Waals surface area contributed by atoms with Gasteiger partial charge >= 0.3 is 6.03 Å². The Morgan fingerprint density at radius 1 is 1.35 bits per heavy atom. The molecule has 110 valence electrons. The molecule has 20 heavy (non-hydrogen) atoms. The smallest absolute Gasteiger partial charge is 0.321 e. The molecule has 1 aliphatic rings. The molecule has 1 heterocycles. The molecular weight excluding hydrogens is 250 g/mol. The molecule has 2 amide bonds. The van der Waals surface area contributed by atoms with E-state index in [4.69, 9.17) is 0 Å². The molecule has 1 saturated heterocycles. The Morgan fingerprint density at radius 3 is 2.75 bits per heavy atom. The molecular formula is C16H25N3O. The van der Waals surface area contributed by atoms with Crippen molar-refractivity contribution < 1.29 is 4.79 Å². The van der Waals surface area contributed by atoms with Gasteiger partial charge in [0.2, 0.25) is 0 Å². The van der Waals surface area contributed by atoms with Gasteiger partial charge in [0.1, 0.15) is 0 Å². The van der Waals surface area contributed by atoms with Crippen molar-refractivity contribution in [1.29, 1.82) is 0 Å². The van der Waals surface area contributed by atoms with E-state index in [2.05, 4.69) is 24.5 Å². The topological polar surface area (TPSA) is 44.4 Å². The number of hydrogen-bond acceptors (Lipinski definition) is 2. The van der Waals surface area contributed by atoms with Gasteiger partial charge in [0, 0.05) is 24.8 Å². The average Bonchev–Trinajstić information content (AvgIpc) is 2.47. The van der Waals surface area contributed by atoms with Crippen LogP contribution >= 0.6 is 0 Å². The Bertz CT molecular complexity index is 421. The summed E-state index contributed by atoms with van der Waals surface area (Å²) in [6.07, 6.45) is 2.19. The van der Waals surface area contributed by atoms with Crippen molar-refractivity contribution in [3.8, 4) is 0 Å². The number of rotatable bonds is 4. The number of carbonyl (C=O) groups is 1. The summed E-state index contributed by atoms with van der Waals surface area (Å²) in [7, 11) is 0. The number of likely N-dealkylation sites (tertiary alicyclic amines) is 1. The zero-order valence-electron chi connectivity index (χ0n) is 12.4. The van der Waals surface area contributed by atoms with Crippen molar-refractivity contribution in [1.82, 2.24) is 10.2 Å². The number of urea groups is 1. The van der Waals surface area contributed by atoms with Gasteiger partial charge in [-0.3, -0.25) is 0 Å². The van der Waals surface area contributed by atoms with Crippen LogP contribution in [0.4, 0.5) is 10.5 Å². The van der Waals surface area contributed by atoms with Crippen LogP contribution in [0.15, 0.2) is 30.3 Å². The van der Waals surface area contributed by atoms with Crippen LogP contribution in [0.3, 0.4) is 0 Å². The van der Waals surface area contributed by atoms with E-state index in [1.54, 1.807) is 0 Å². The van der Waals surface area contributed by atoms with E-state index >= 15 is 0 Å². The summed E-state index contributed by atoms with van der Waals surface area (Å²) in [5.74, 6) is 0.497. The average molecular weight is 275 g/mol. The van der Waals surface area contributed by atoms with Gasteiger partial charge < -0.3 is 15.5 Å². The molecule has 4 nitrogen and oxygen atoms in total. The molecule has 1 aliphatic heterocycles. The predicted molar refractivity (Wildman–Crippen MR) is 82.9 cm³/mol. The lowest BCUT2D eigenvalue weighted by Crippen LogP contribution is -2.51. The maximum atomic E-state index is 12.2. The third kappa shape index (κ3) is 3.97. The number of amides is 2. The predicted octanol–water partition coefficient (Wildman–Crippen LogP) is 2.93. The molecule has 1 aromatic carbocycles. The maximum Gasteiger partial charge on any atom is 0.321 e. The highest BCUT2D eigenvalue weighted by molar-refractivity contribution is 5.89. The number of anilines is 1. The van der Waals surface area contributed by atoms with Crippen LogP contribution < -0.4 is 10.6 Å². The molecule has 0 aromatic heterocycles. The van der Waals surface area contributed by atoms with Crippen LogP contribution in [0.5, 0.6) is 0 Å². The van der Waals surface area contributed by atoms with E-state index in [0.29, 0.717) is 12.0 Å². The molecule has 1 aromatic rings. The van der Waals surface area contributed by atoms with E-state index in [1.807, 2.05) is 35.2 Å².